The first-order valence-corrected chi connectivity index (χ1v) is 6.18. The van der Waals surface area contributed by atoms with Crippen LogP contribution in [-0.2, 0) is 4.79 Å². The van der Waals surface area contributed by atoms with Gasteiger partial charge < -0.3 is 10.6 Å². The van der Waals surface area contributed by atoms with Gasteiger partial charge in [0.25, 0.3) is 0 Å². The van der Waals surface area contributed by atoms with Gasteiger partial charge in [0.05, 0.1) is 0 Å². The lowest BCUT2D eigenvalue weighted by molar-refractivity contribution is -0.126. The normalized spacial score (nSPS) is 24.1. The van der Waals surface area contributed by atoms with Crippen molar-refractivity contribution in [3.63, 3.8) is 0 Å². The molecule has 0 aromatic carbocycles. The monoisotopic (exact) mass is 246 g/mol. The van der Waals surface area contributed by atoms with E-state index in [-0.39, 0.29) is 24.2 Å². The van der Waals surface area contributed by atoms with Crippen molar-refractivity contribution in [2.75, 3.05) is 19.6 Å². The third-order valence-electron chi connectivity index (χ3n) is 3.96. The highest BCUT2D eigenvalue weighted by molar-refractivity contribution is 5.85. The number of halogens is 1. The summed E-state index contributed by atoms with van der Waals surface area (Å²) in [5.41, 5.74) is 0.405. The van der Waals surface area contributed by atoms with Gasteiger partial charge in [0.15, 0.2) is 0 Å². The molecule has 0 spiro atoms. The molecule has 1 amide bonds. The minimum absolute atomic E-state index is 0. The summed E-state index contributed by atoms with van der Waals surface area (Å²) >= 11 is 0. The standard InChI is InChI=1S/C12H22N2O.ClH/c1-12(5-2-6-12)9-14-11(15)10-3-7-13-8-4-10;/h10,13H,2-9H2,1H3,(H,14,15);1H. The summed E-state index contributed by atoms with van der Waals surface area (Å²) in [7, 11) is 0. The fraction of sp³-hybridized carbons (Fsp3) is 0.917. The molecule has 0 bridgehead atoms. The van der Waals surface area contributed by atoms with E-state index in [9.17, 15) is 4.79 Å². The number of piperidine rings is 1. The first kappa shape index (κ1) is 13.8. The number of amides is 1. The van der Waals surface area contributed by atoms with Crippen molar-refractivity contribution in [3.05, 3.63) is 0 Å². The van der Waals surface area contributed by atoms with Gasteiger partial charge in [-0.1, -0.05) is 13.3 Å². The average molecular weight is 247 g/mol. The zero-order valence-electron chi connectivity index (χ0n) is 10.1. The molecule has 2 fully saturated rings. The van der Waals surface area contributed by atoms with Crippen LogP contribution in [0.15, 0.2) is 0 Å². The Morgan fingerprint density at radius 3 is 2.50 bits per heavy atom. The maximum absolute atomic E-state index is 11.8. The molecule has 1 aliphatic carbocycles. The summed E-state index contributed by atoms with van der Waals surface area (Å²) < 4.78 is 0. The van der Waals surface area contributed by atoms with Gasteiger partial charge in [0.2, 0.25) is 5.91 Å². The molecule has 94 valence electrons. The number of rotatable bonds is 3. The molecule has 2 N–H and O–H groups in total. The second-order valence-corrected chi connectivity index (χ2v) is 5.41. The van der Waals surface area contributed by atoms with Gasteiger partial charge in [-0.3, -0.25) is 4.79 Å². The van der Waals surface area contributed by atoms with E-state index in [0.717, 1.165) is 32.5 Å². The molecular weight excluding hydrogens is 224 g/mol. The lowest BCUT2D eigenvalue weighted by Gasteiger charge is -2.38. The lowest BCUT2D eigenvalue weighted by atomic mass is 9.70. The fourth-order valence-corrected chi connectivity index (χ4v) is 2.49. The molecule has 1 heterocycles. The Morgan fingerprint density at radius 1 is 1.38 bits per heavy atom. The molecule has 1 saturated carbocycles. The van der Waals surface area contributed by atoms with Crippen LogP contribution in [0.25, 0.3) is 0 Å². The molecule has 1 aliphatic heterocycles. The Kier molecular flexibility index (Phi) is 5.06. The summed E-state index contributed by atoms with van der Waals surface area (Å²) in [5, 5.41) is 6.41. The highest BCUT2D eigenvalue weighted by atomic mass is 35.5. The zero-order chi connectivity index (χ0) is 10.7. The van der Waals surface area contributed by atoms with Gasteiger partial charge in [0.1, 0.15) is 0 Å². The Bertz CT molecular complexity index is 235. The summed E-state index contributed by atoms with van der Waals surface area (Å²) in [6.07, 6.45) is 5.89. The van der Waals surface area contributed by atoms with E-state index in [1.807, 2.05) is 0 Å². The van der Waals surface area contributed by atoms with Crippen molar-refractivity contribution in [3.8, 4) is 0 Å². The zero-order valence-corrected chi connectivity index (χ0v) is 10.9. The Balaban J connectivity index is 0.00000128. The van der Waals surface area contributed by atoms with Gasteiger partial charge in [0, 0.05) is 12.5 Å². The van der Waals surface area contributed by atoms with Gasteiger partial charge in [-0.2, -0.15) is 0 Å². The average Bonchev–Trinajstić information content (AvgIpc) is 2.24. The second-order valence-electron chi connectivity index (χ2n) is 5.41. The number of hydrogen-bond acceptors (Lipinski definition) is 2. The Labute approximate surface area is 104 Å². The van der Waals surface area contributed by atoms with E-state index in [1.165, 1.54) is 19.3 Å². The van der Waals surface area contributed by atoms with Crippen LogP contribution in [0.1, 0.15) is 39.0 Å². The smallest absolute Gasteiger partial charge is 0.223 e. The van der Waals surface area contributed by atoms with E-state index in [1.54, 1.807) is 0 Å². The van der Waals surface area contributed by atoms with Crippen molar-refractivity contribution in [2.24, 2.45) is 11.3 Å². The molecule has 0 aromatic heterocycles. The lowest BCUT2D eigenvalue weighted by Crippen LogP contribution is -2.44. The van der Waals surface area contributed by atoms with Crippen LogP contribution in [-0.4, -0.2) is 25.5 Å². The minimum atomic E-state index is 0. The Hall–Kier alpha value is -0.280. The van der Waals surface area contributed by atoms with Crippen molar-refractivity contribution in [1.82, 2.24) is 10.6 Å². The van der Waals surface area contributed by atoms with Crippen molar-refractivity contribution in [2.45, 2.75) is 39.0 Å². The summed E-state index contributed by atoms with van der Waals surface area (Å²) in [6.45, 7) is 5.15. The number of carbonyl (C=O) groups is 1. The molecule has 0 atom stereocenters. The molecule has 1 saturated heterocycles. The summed E-state index contributed by atoms with van der Waals surface area (Å²) in [5.74, 6) is 0.541. The van der Waals surface area contributed by atoms with Crippen LogP contribution >= 0.6 is 12.4 Å². The van der Waals surface area contributed by atoms with Crippen LogP contribution in [0.4, 0.5) is 0 Å². The maximum atomic E-state index is 11.8. The van der Waals surface area contributed by atoms with Crippen LogP contribution in [0, 0.1) is 11.3 Å². The highest BCUT2D eigenvalue weighted by Crippen LogP contribution is 2.39. The molecular formula is C12H23ClN2O. The molecule has 0 aromatic rings. The van der Waals surface area contributed by atoms with Gasteiger partial charge >= 0.3 is 0 Å². The molecule has 16 heavy (non-hydrogen) atoms. The van der Waals surface area contributed by atoms with Gasteiger partial charge in [-0.15, -0.1) is 12.4 Å². The molecule has 3 nitrogen and oxygen atoms in total. The molecule has 2 aliphatic rings. The molecule has 2 rings (SSSR count). The first-order valence-electron chi connectivity index (χ1n) is 6.18. The van der Waals surface area contributed by atoms with Crippen molar-refractivity contribution in [1.29, 1.82) is 0 Å². The topological polar surface area (TPSA) is 41.1 Å². The largest absolute Gasteiger partial charge is 0.355 e. The molecule has 0 radical (unpaired) electrons. The third-order valence-corrected chi connectivity index (χ3v) is 3.96. The van der Waals surface area contributed by atoms with Gasteiger partial charge in [-0.25, -0.2) is 0 Å². The SMILES string of the molecule is CC1(CNC(=O)C2CCNCC2)CCC1.Cl. The van der Waals surface area contributed by atoms with Crippen LogP contribution < -0.4 is 10.6 Å². The van der Waals surface area contributed by atoms with E-state index in [0.29, 0.717) is 5.41 Å². The second kappa shape index (κ2) is 5.87. The Morgan fingerprint density at radius 2 is 2.00 bits per heavy atom. The first-order chi connectivity index (χ1) is 7.20. The van der Waals surface area contributed by atoms with Crippen molar-refractivity contribution >= 4 is 18.3 Å². The molecule has 4 heteroatoms. The fourth-order valence-electron chi connectivity index (χ4n) is 2.49. The van der Waals surface area contributed by atoms with E-state index in [2.05, 4.69) is 17.6 Å². The van der Waals surface area contributed by atoms with Crippen LogP contribution in [0.2, 0.25) is 0 Å². The third kappa shape index (κ3) is 3.36. The van der Waals surface area contributed by atoms with Crippen LogP contribution in [0.3, 0.4) is 0 Å². The minimum Gasteiger partial charge on any atom is -0.355 e. The quantitative estimate of drug-likeness (QED) is 0.796. The number of hydrogen-bond donors (Lipinski definition) is 2. The van der Waals surface area contributed by atoms with Gasteiger partial charge in [-0.05, 0) is 44.2 Å². The highest BCUT2D eigenvalue weighted by Gasteiger charge is 2.32. The van der Waals surface area contributed by atoms with Crippen molar-refractivity contribution < 1.29 is 4.79 Å². The number of carbonyl (C=O) groups excluding carboxylic acids is 1. The maximum Gasteiger partial charge on any atom is 0.223 e. The number of nitrogens with one attached hydrogen (secondary N) is 2. The summed E-state index contributed by atoms with van der Waals surface area (Å²) in [4.78, 5) is 11.8. The predicted octanol–water partition coefficient (Wildman–Crippen LogP) is 1.71. The summed E-state index contributed by atoms with van der Waals surface area (Å²) in [6, 6.07) is 0. The van der Waals surface area contributed by atoms with E-state index in [4.69, 9.17) is 0 Å². The molecule has 0 unspecified atom stereocenters. The van der Waals surface area contributed by atoms with E-state index >= 15 is 0 Å². The van der Waals surface area contributed by atoms with E-state index < -0.39 is 0 Å². The van der Waals surface area contributed by atoms with Crippen LogP contribution in [0.5, 0.6) is 0 Å². The predicted molar refractivity (Wildman–Crippen MR) is 67.8 cm³/mol.